The van der Waals surface area contributed by atoms with Crippen LogP contribution in [0, 0.1) is 46.3 Å². The first-order valence-corrected chi connectivity index (χ1v) is 21.7. The van der Waals surface area contributed by atoms with E-state index in [0.717, 1.165) is 59.7 Å². The van der Waals surface area contributed by atoms with E-state index in [1.807, 2.05) is 60.9 Å². The highest BCUT2D eigenvalue weighted by Crippen LogP contribution is 2.70. The normalized spacial score (nSPS) is 31.2. The van der Waals surface area contributed by atoms with Crippen LogP contribution in [0.5, 0.6) is 17.2 Å². The molecule has 0 saturated heterocycles. The second kappa shape index (κ2) is 17.8. The number of unbranched alkanes of at least 4 members (excludes halogenated alkanes) is 1. The average molecular weight is 769 g/mol. The number of anilines is 2. The number of hydrogen-bond donors (Lipinski definition) is 2. The molecule has 3 aromatic rings. The van der Waals surface area contributed by atoms with Crippen LogP contribution in [0.4, 0.5) is 11.4 Å². The third kappa shape index (κ3) is 8.67. The number of benzene rings is 3. The summed E-state index contributed by atoms with van der Waals surface area (Å²) in [4.78, 5) is 0. The summed E-state index contributed by atoms with van der Waals surface area (Å²) in [5, 5.41) is 0. The Morgan fingerprint density at radius 1 is 0.825 bits per heavy atom. The molecular weight excluding hydrogens is 697 g/mol. The zero-order valence-corrected chi connectivity index (χ0v) is 34.9. The van der Waals surface area contributed by atoms with E-state index >= 15 is 0 Å². The Labute approximate surface area is 345 Å². The maximum Gasteiger partial charge on any atom is 0.129 e. The van der Waals surface area contributed by atoms with E-state index in [2.05, 4.69) is 83.7 Å². The van der Waals surface area contributed by atoms with Crippen molar-refractivity contribution in [1.82, 2.24) is 0 Å². The third-order valence-corrected chi connectivity index (χ3v) is 15.6. The van der Waals surface area contributed by atoms with E-state index in [1.54, 1.807) is 0 Å². The molecule has 0 aromatic heterocycles. The second-order valence-corrected chi connectivity index (χ2v) is 18.9. The Morgan fingerprint density at radius 2 is 1.51 bits per heavy atom. The van der Waals surface area contributed by atoms with E-state index in [4.69, 9.17) is 20.9 Å². The molecule has 9 atom stereocenters. The van der Waals surface area contributed by atoms with Crippen molar-refractivity contribution in [2.24, 2.45) is 46.3 Å². The number of nitrogen functional groups attached to an aromatic ring is 2. The smallest absolute Gasteiger partial charge is 0.129 e. The maximum atomic E-state index is 6.46. The van der Waals surface area contributed by atoms with Crippen LogP contribution in [0.2, 0.25) is 0 Å². The summed E-state index contributed by atoms with van der Waals surface area (Å²) >= 11 is 0. The number of allylic oxidation sites excluding steroid dienone is 6. The molecule has 4 heteroatoms. The van der Waals surface area contributed by atoms with Crippen LogP contribution in [0.15, 0.2) is 121 Å². The Bertz CT molecular complexity index is 1940. The van der Waals surface area contributed by atoms with Crippen molar-refractivity contribution >= 4 is 11.4 Å². The minimum atomic E-state index is -0.224. The lowest BCUT2D eigenvalue weighted by Crippen LogP contribution is -2.55. The lowest BCUT2D eigenvalue weighted by molar-refractivity contribution is -0.122. The van der Waals surface area contributed by atoms with Gasteiger partial charge in [-0.3, -0.25) is 0 Å². The molecule has 0 amide bonds. The molecule has 0 radical (unpaired) electrons. The first-order chi connectivity index (χ1) is 26.9. The molecule has 9 unspecified atom stereocenters. The molecule has 4 aliphatic rings. The van der Waals surface area contributed by atoms with Crippen molar-refractivity contribution in [3.63, 3.8) is 0 Å². The summed E-state index contributed by atoms with van der Waals surface area (Å²) in [6, 6.07) is 24.1. The lowest BCUT2D eigenvalue weighted by Gasteiger charge is -2.63. The zero-order chi connectivity index (χ0) is 39.5. The minimum absolute atomic E-state index is 0. The van der Waals surface area contributed by atoms with Gasteiger partial charge in [0.25, 0.3) is 0 Å². The zero-order valence-electron chi connectivity index (χ0n) is 34.9. The van der Waals surface area contributed by atoms with Gasteiger partial charge in [0.2, 0.25) is 0 Å². The van der Waals surface area contributed by atoms with Crippen LogP contribution in [0.3, 0.4) is 0 Å². The quantitative estimate of drug-likeness (QED) is 0.0597. The summed E-state index contributed by atoms with van der Waals surface area (Å²) in [6.07, 6.45) is 26.3. The summed E-state index contributed by atoms with van der Waals surface area (Å²) in [7, 11) is 0. The lowest BCUT2D eigenvalue weighted by atomic mass is 9.42. The fourth-order valence-electron chi connectivity index (χ4n) is 12.8. The van der Waals surface area contributed by atoms with Crippen molar-refractivity contribution in [2.45, 2.75) is 125 Å². The second-order valence-electron chi connectivity index (χ2n) is 18.9. The molecule has 4 N–H and O–H groups in total. The van der Waals surface area contributed by atoms with Crippen molar-refractivity contribution in [2.75, 3.05) is 11.5 Å². The van der Waals surface area contributed by atoms with Crippen molar-refractivity contribution in [1.29, 1.82) is 0 Å². The molecule has 3 aromatic carbocycles. The molecule has 4 nitrogen and oxygen atoms in total. The molecule has 4 fully saturated rings. The molecule has 4 saturated carbocycles. The number of rotatable bonds is 13. The Morgan fingerprint density at radius 3 is 2.23 bits per heavy atom. The predicted octanol–water partition coefficient (Wildman–Crippen LogP) is 14.7. The van der Waals surface area contributed by atoms with E-state index < -0.39 is 0 Å². The highest BCUT2D eigenvalue weighted by atomic mass is 16.5. The number of ether oxygens (including phenoxy) is 2. The first kappa shape index (κ1) is 42.4. The van der Waals surface area contributed by atoms with Crippen LogP contribution in [0.25, 0.3) is 0 Å². The van der Waals surface area contributed by atoms with E-state index in [9.17, 15) is 0 Å². The van der Waals surface area contributed by atoms with Crippen LogP contribution in [-0.4, -0.2) is 0 Å². The summed E-state index contributed by atoms with van der Waals surface area (Å²) in [5.41, 5.74) is 18.2. The molecule has 0 aliphatic heterocycles. The molecule has 57 heavy (non-hydrogen) atoms. The van der Waals surface area contributed by atoms with E-state index in [1.165, 1.54) is 80.9 Å². The predicted molar refractivity (Wildman–Crippen MR) is 242 cm³/mol. The molecule has 0 bridgehead atoms. The number of hydrogen-bond acceptors (Lipinski definition) is 4. The van der Waals surface area contributed by atoms with Gasteiger partial charge in [-0.2, -0.15) is 0 Å². The monoisotopic (exact) mass is 769 g/mol. The topological polar surface area (TPSA) is 70.5 Å². The summed E-state index contributed by atoms with van der Waals surface area (Å²) in [6.45, 7) is 16.7. The van der Waals surface area contributed by atoms with Crippen molar-refractivity contribution < 1.29 is 9.47 Å². The van der Waals surface area contributed by atoms with Crippen molar-refractivity contribution in [3.8, 4) is 17.2 Å². The highest BCUT2D eigenvalue weighted by molar-refractivity contribution is 5.50. The van der Waals surface area contributed by atoms with Gasteiger partial charge < -0.3 is 20.9 Å². The third-order valence-electron chi connectivity index (χ3n) is 15.6. The molecule has 0 spiro atoms. The van der Waals surface area contributed by atoms with Gasteiger partial charge in [-0.05, 0) is 184 Å². The van der Waals surface area contributed by atoms with E-state index in [0.29, 0.717) is 28.1 Å². The fraction of sp³-hybridized carbons (Fsp3) is 0.509. The summed E-state index contributed by atoms with van der Waals surface area (Å²) in [5.74, 6) is 7.17. The van der Waals surface area contributed by atoms with E-state index in [-0.39, 0.29) is 12.8 Å². The number of nitrogens with two attached hydrogens (primary N) is 2. The number of fused-ring (bicyclic) bond motifs is 5. The van der Waals surface area contributed by atoms with Gasteiger partial charge in [-0.1, -0.05) is 89.3 Å². The van der Waals surface area contributed by atoms with Gasteiger partial charge >= 0.3 is 0 Å². The minimum Gasteiger partial charge on any atom is -0.465 e. The fourth-order valence-corrected chi connectivity index (χ4v) is 12.8. The van der Waals surface area contributed by atoms with Crippen LogP contribution < -0.4 is 20.9 Å². The standard InChI is InChI=1S/C52H68N2O2.CH4/c1-7-13-38(27-31-55-43-19-11-17-41(53)33-43)52(39-16-10-20-44(32-39)56-45-21-12-18-42(54)34-45)30-29-50(5)40(35-52)22-23-46-48-25-24-47(51(48,6)28-26-49(46)50)37(4)15-9-8-14-36(2)3;/h7,10-14,16-21,27,31-34,37,40,46-49H,1,8-9,15,22-26,28-30,35,53-54H2,2-6H3;1H4/b31-27+,38-13+;. The molecule has 4 aliphatic carbocycles. The molecular formula is C53H72N2O2. The van der Waals surface area contributed by atoms with Crippen molar-refractivity contribution in [3.05, 3.63) is 127 Å². The highest BCUT2D eigenvalue weighted by Gasteiger charge is 2.62. The van der Waals surface area contributed by atoms with Gasteiger partial charge in [0, 0.05) is 28.9 Å². The van der Waals surface area contributed by atoms with Gasteiger partial charge in [-0.25, -0.2) is 0 Å². The summed E-state index contributed by atoms with van der Waals surface area (Å²) < 4.78 is 12.6. The Hall–Kier alpha value is -4.18. The van der Waals surface area contributed by atoms with Crippen LogP contribution in [0.1, 0.15) is 125 Å². The average Bonchev–Trinajstić information content (AvgIpc) is 3.53. The Kier molecular flexibility index (Phi) is 13.2. The molecule has 0 heterocycles. The maximum absolute atomic E-state index is 6.46. The van der Waals surface area contributed by atoms with Gasteiger partial charge in [0.1, 0.15) is 17.2 Å². The Balaban J connectivity index is 0.00000549. The van der Waals surface area contributed by atoms with Gasteiger partial charge in [0.05, 0.1) is 6.26 Å². The molecule has 7 rings (SSSR count). The van der Waals surface area contributed by atoms with Crippen LogP contribution >= 0.6 is 0 Å². The largest absolute Gasteiger partial charge is 0.465 e. The molecule has 306 valence electrons. The van der Waals surface area contributed by atoms with Gasteiger partial charge in [-0.15, -0.1) is 0 Å². The first-order valence-electron chi connectivity index (χ1n) is 21.7. The van der Waals surface area contributed by atoms with Crippen LogP contribution in [-0.2, 0) is 5.41 Å². The van der Waals surface area contributed by atoms with Gasteiger partial charge in [0.15, 0.2) is 0 Å². The SMILES string of the molecule is C.C=C/C=C(\C=C\Oc1cccc(N)c1)C1(c2cccc(Oc3cccc(N)c3)c2)CCC2(C)C(CCC3C2CCC2(C)C(C(C)CCCC=C(C)C)CCC32)C1.